The first-order valence-electron chi connectivity index (χ1n) is 8.80. The number of aliphatic imine (C=N–C) groups is 1. The summed E-state index contributed by atoms with van der Waals surface area (Å²) in [5.41, 5.74) is -1.10. The van der Waals surface area contributed by atoms with Crippen LogP contribution >= 0.6 is 0 Å². The first kappa shape index (κ1) is 22.2. The van der Waals surface area contributed by atoms with Gasteiger partial charge in [-0.3, -0.25) is 0 Å². The molecule has 0 saturated carbocycles. The highest BCUT2D eigenvalue weighted by Crippen LogP contribution is 2.32. The Morgan fingerprint density at radius 3 is 2.50 bits per heavy atom. The smallest absolute Gasteiger partial charge is 0.396 e. The van der Waals surface area contributed by atoms with E-state index in [4.69, 9.17) is 5.11 Å². The van der Waals surface area contributed by atoms with Crippen LogP contribution in [0.4, 0.5) is 17.6 Å². The van der Waals surface area contributed by atoms with E-state index in [1.54, 1.807) is 0 Å². The van der Waals surface area contributed by atoms with Crippen LogP contribution in [0.25, 0.3) is 0 Å². The molecule has 26 heavy (non-hydrogen) atoms. The lowest BCUT2D eigenvalue weighted by Gasteiger charge is -2.18. The zero-order valence-corrected chi connectivity index (χ0v) is 15.2. The van der Waals surface area contributed by atoms with Crippen molar-refractivity contribution in [2.45, 2.75) is 45.8 Å². The predicted molar refractivity (Wildman–Crippen MR) is 94.3 cm³/mol. The van der Waals surface area contributed by atoms with Gasteiger partial charge in [-0.15, -0.1) is 0 Å². The number of alkyl halides is 3. The summed E-state index contributed by atoms with van der Waals surface area (Å²) in [4.78, 5) is 4.19. The van der Waals surface area contributed by atoms with Crippen molar-refractivity contribution in [1.82, 2.24) is 10.6 Å². The van der Waals surface area contributed by atoms with Crippen molar-refractivity contribution in [3.8, 4) is 0 Å². The summed E-state index contributed by atoms with van der Waals surface area (Å²) < 4.78 is 52.3. The van der Waals surface area contributed by atoms with Gasteiger partial charge >= 0.3 is 6.18 Å². The fraction of sp³-hybridized carbons (Fsp3) is 0.611. The van der Waals surface area contributed by atoms with Crippen molar-refractivity contribution in [2.24, 2.45) is 10.9 Å². The molecule has 0 spiro atoms. The maximum atomic E-state index is 13.2. The molecule has 0 aliphatic carbocycles. The van der Waals surface area contributed by atoms with Crippen molar-refractivity contribution < 1.29 is 22.7 Å². The van der Waals surface area contributed by atoms with Crippen LogP contribution in [0, 0.1) is 11.7 Å². The van der Waals surface area contributed by atoms with Gasteiger partial charge in [0, 0.05) is 19.7 Å². The first-order valence-corrected chi connectivity index (χ1v) is 8.80. The van der Waals surface area contributed by atoms with E-state index in [1.807, 2.05) is 6.92 Å². The van der Waals surface area contributed by atoms with Gasteiger partial charge in [-0.2, -0.15) is 13.2 Å². The second kappa shape index (κ2) is 11.0. The van der Waals surface area contributed by atoms with Gasteiger partial charge in [0.2, 0.25) is 0 Å². The maximum absolute atomic E-state index is 13.2. The molecule has 0 heterocycles. The van der Waals surface area contributed by atoms with Crippen molar-refractivity contribution in [1.29, 1.82) is 0 Å². The minimum atomic E-state index is -4.63. The van der Waals surface area contributed by atoms with Gasteiger partial charge in [0.25, 0.3) is 0 Å². The topological polar surface area (TPSA) is 56.6 Å². The first-order chi connectivity index (χ1) is 12.3. The Balaban J connectivity index is 2.86. The highest BCUT2D eigenvalue weighted by atomic mass is 19.4. The monoisotopic (exact) mass is 377 g/mol. The minimum absolute atomic E-state index is 0.0865. The number of benzene rings is 1. The van der Waals surface area contributed by atoms with Gasteiger partial charge in [0.15, 0.2) is 5.96 Å². The van der Waals surface area contributed by atoms with Crippen LogP contribution in [0.3, 0.4) is 0 Å². The van der Waals surface area contributed by atoms with Crippen molar-refractivity contribution in [3.05, 3.63) is 35.1 Å². The molecule has 1 unspecified atom stereocenters. The average molecular weight is 377 g/mol. The van der Waals surface area contributed by atoms with E-state index in [1.165, 1.54) is 0 Å². The third-order valence-corrected chi connectivity index (χ3v) is 3.92. The van der Waals surface area contributed by atoms with Crippen molar-refractivity contribution >= 4 is 5.96 Å². The summed E-state index contributed by atoms with van der Waals surface area (Å²) >= 11 is 0. The van der Waals surface area contributed by atoms with E-state index >= 15 is 0 Å². The van der Waals surface area contributed by atoms with Gasteiger partial charge in [-0.25, -0.2) is 9.38 Å². The highest BCUT2D eigenvalue weighted by molar-refractivity contribution is 5.79. The Kier molecular flexibility index (Phi) is 9.40. The number of aliphatic hydroxyl groups is 1. The van der Waals surface area contributed by atoms with Crippen LogP contribution in [0.5, 0.6) is 0 Å². The molecule has 8 heteroatoms. The standard InChI is InChI=1S/C18H27F4N3O/c1-3-5-13(8-9-26)11-24-17(23-4-2)25-12-14-6-7-15(19)10-16(14)18(20,21)22/h6-7,10,13,26H,3-5,8-9,11-12H2,1-2H3,(H2,23,24,25). The summed E-state index contributed by atoms with van der Waals surface area (Å²) in [7, 11) is 0. The number of nitrogens with zero attached hydrogens (tertiary/aromatic N) is 1. The molecule has 0 bridgehead atoms. The Hall–Kier alpha value is -1.83. The lowest BCUT2D eigenvalue weighted by Crippen LogP contribution is -2.40. The maximum Gasteiger partial charge on any atom is 0.416 e. The van der Waals surface area contributed by atoms with E-state index in [-0.39, 0.29) is 24.6 Å². The van der Waals surface area contributed by atoms with Crippen molar-refractivity contribution in [3.63, 3.8) is 0 Å². The Morgan fingerprint density at radius 1 is 1.19 bits per heavy atom. The molecule has 148 valence electrons. The fourth-order valence-electron chi connectivity index (χ4n) is 2.64. The summed E-state index contributed by atoms with van der Waals surface area (Å²) in [5.74, 6) is -0.282. The number of hydrogen-bond donors (Lipinski definition) is 3. The van der Waals surface area contributed by atoms with Crippen LogP contribution in [-0.4, -0.2) is 30.8 Å². The molecule has 0 aliphatic rings. The fourth-order valence-corrected chi connectivity index (χ4v) is 2.64. The molecule has 0 amide bonds. The number of hydrogen-bond acceptors (Lipinski definition) is 2. The van der Waals surface area contributed by atoms with Gasteiger partial charge in [-0.1, -0.05) is 19.4 Å². The van der Waals surface area contributed by atoms with E-state index in [0.29, 0.717) is 31.5 Å². The second-order valence-corrected chi connectivity index (χ2v) is 6.04. The summed E-state index contributed by atoms with van der Waals surface area (Å²) in [6, 6.07) is 2.60. The lowest BCUT2D eigenvalue weighted by atomic mass is 10.0. The average Bonchev–Trinajstić information content (AvgIpc) is 2.57. The SMILES string of the molecule is CCCC(CCO)CNC(=NCc1ccc(F)cc1C(F)(F)F)NCC. The highest BCUT2D eigenvalue weighted by Gasteiger charge is 2.33. The molecule has 0 fully saturated rings. The Labute approximate surface area is 151 Å². The van der Waals surface area contributed by atoms with Gasteiger partial charge in [-0.05, 0) is 43.4 Å². The lowest BCUT2D eigenvalue weighted by molar-refractivity contribution is -0.138. The number of halogens is 4. The minimum Gasteiger partial charge on any atom is -0.396 e. The Bertz CT molecular complexity index is 570. The van der Waals surface area contributed by atoms with Crippen LogP contribution in [-0.2, 0) is 12.7 Å². The van der Waals surface area contributed by atoms with E-state index in [9.17, 15) is 17.6 Å². The van der Waals surface area contributed by atoms with Crippen LogP contribution < -0.4 is 10.6 Å². The molecule has 0 aromatic heterocycles. The number of aliphatic hydroxyl groups excluding tert-OH is 1. The van der Waals surface area contributed by atoms with Crippen LogP contribution in [0.2, 0.25) is 0 Å². The molecule has 1 aromatic carbocycles. The van der Waals surface area contributed by atoms with Crippen molar-refractivity contribution in [2.75, 3.05) is 19.7 Å². The van der Waals surface area contributed by atoms with Gasteiger partial charge in [0.05, 0.1) is 12.1 Å². The number of guanidine groups is 1. The summed E-state index contributed by atoms with van der Waals surface area (Å²) in [6.45, 7) is 4.90. The largest absolute Gasteiger partial charge is 0.416 e. The predicted octanol–water partition coefficient (Wildman–Crippen LogP) is 3.70. The van der Waals surface area contributed by atoms with Crippen LogP contribution in [0.15, 0.2) is 23.2 Å². The molecule has 4 nitrogen and oxygen atoms in total. The molecule has 1 atom stereocenters. The summed E-state index contributed by atoms with van der Waals surface area (Å²) in [5, 5.41) is 15.2. The van der Waals surface area contributed by atoms with E-state index in [2.05, 4.69) is 22.5 Å². The molecule has 3 N–H and O–H groups in total. The molecular weight excluding hydrogens is 350 g/mol. The normalized spacial score (nSPS) is 13.6. The molecule has 0 aliphatic heterocycles. The van der Waals surface area contributed by atoms with E-state index < -0.39 is 17.6 Å². The quantitative estimate of drug-likeness (QED) is 0.349. The molecule has 1 rings (SSSR count). The third-order valence-electron chi connectivity index (χ3n) is 3.92. The Morgan fingerprint density at radius 2 is 1.92 bits per heavy atom. The van der Waals surface area contributed by atoms with E-state index in [0.717, 1.165) is 25.0 Å². The van der Waals surface area contributed by atoms with Gasteiger partial charge in [0.1, 0.15) is 5.82 Å². The zero-order valence-electron chi connectivity index (χ0n) is 15.2. The number of rotatable bonds is 9. The molecule has 1 aromatic rings. The van der Waals surface area contributed by atoms with Crippen LogP contribution in [0.1, 0.15) is 44.2 Å². The third kappa shape index (κ3) is 7.59. The zero-order chi connectivity index (χ0) is 19.6. The van der Waals surface area contributed by atoms with Gasteiger partial charge < -0.3 is 15.7 Å². The number of nitrogens with one attached hydrogen (secondary N) is 2. The molecule has 0 radical (unpaired) electrons. The molecular formula is C18H27F4N3O. The second-order valence-electron chi connectivity index (χ2n) is 6.04. The molecule has 0 saturated heterocycles. The summed E-state index contributed by atoms with van der Waals surface area (Å²) in [6.07, 6.45) is -2.07.